The molecule has 0 saturated heterocycles. The van der Waals surface area contributed by atoms with Crippen LogP contribution in [0.2, 0.25) is 0 Å². The van der Waals surface area contributed by atoms with E-state index in [0.29, 0.717) is 37.5 Å². The average molecular weight is 1330 g/mol. The molecule has 0 spiro atoms. The van der Waals surface area contributed by atoms with Crippen molar-refractivity contribution in [3.05, 3.63) is 0 Å². The highest BCUT2D eigenvalue weighted by Gasteiger charge is 2.30. The molecule has 3 N–H and O–H groups in total. The summed E-state index contributed by atoms with van der Waals surface area (Å²) in [5, 5.41) is 10.6. The third-order valence-corrected chi connectivity index (χ3v) is 18.6. The van der Waals surface area contributed by atoms with E-state index < -0.39 is 97.5 Å². The van der Waals surface area contributed by atoms with Gasteiger partial charge in [0.05, 0.1) is 26.4 Å². The maximum Gasteiger partial charge on any atom is 0.472 e. The van der Waals surface area contributed by atoms with Crippen LogP contribution in [0.3, 0.4) is 0 Å². The molecule has 6 atom stereocenters. The Bertz CT molecular complexity index is 1770. The number of hydrogen-bond donors (Lipinski definition) is 3. The van der Waals surface area contributed by atoms with Crippen LogP contribution < -0.4 is 0 Å². The van der Waals surface area contributed by atoms with Gasteiger partial charge in [-0.2, -0.15) is 0 Å². The van der Waals surface area contributed by atoms with Gasteiger partial charge in [-0.25, -0.2) is 9.13 Å². The predicted molar refractivity (Wildman–Crippen MR) is 363 cm³/mol. The molecule has 0 aromatic carbocycles. The van der Waals surface area contributed by atoms with Gasteiger partial charge >= 0.3 is 39.5 Å². The predicted octanol–water partition coefficient (Wildman–Crippen LogP) is 20.2. The highest BCUT2D eigenvalue weighted by Crippen LogP contribution is 2.45. The molecule has 0 saturated carbocycles. The summed E-state index contributed by atoms with van der Waals surface area (Å²) in [6.45, 7) is 11.7. The molecule has 0 radical (unpaired) electrons. The fourth-order valence-electron chi connectivity index (χ4n) is 10.7. The molecule has 3 unspecified atom stereocenters. The highest BCUT2D eigenvalue weighted by molar-refractivity contribution is 7.47. The molecule has 0 bridgehead atoms. The molecule has 0 aliphatic heterocycles. The SMILES string of the molecule is CCCCCCCCCCCCCCCCCCCCCC(=O)O[C@H](COC(=O)CCCCCCCCCCC(C)CC)COP(=O)(O)OC[C@@H](O)COP(=O)(O)OC[C@@H](COC(=O)CCCCCCCCC(C)C)OC(=O)CCCCCCCCCC(C)C. The van der Waals surface area contributed by atoms with Crippen LogP contribution in [0.25, 0.3) is 0 Å². The van der Waals surface area contributed by atoms with E-state index in [1.807, 2.05) is 0 Å². The van der Waals surface area contributed by atoms with Gasteiger partial charge in [-0.05, 0) is 43.4 Å². The summed E-state index contributed by atoms with van der Waals surface area (Å²) in [6, 6.07) is 0. The van der Waals surface area contributed by atoms with Gasteiger partial charge in [-0.1, -0.05) is 305 Å². The van der Waals surface area contributed by atoms with E-state index in [2.05, 4.69) is 48.5 Å². The summed E-state index contributed by atoms with van der Waals surface area (Å²) in [5.41, 5.74) is 0. The van der Waals surface area contributed by atoms with Crippen molar-refractivity contribution in [2.75, 3.05) is 39.6 Å². The number of aliphatic hydroxyl groups excluding tert-OH is 1. The van der Waals surface area contributed by atoms with Gasteiger partial charge in [0.15, 0.2) is 12.2 Å². The van der Waals surface area contributed by atoms with E-state index >= 15 is 0 Å². The fraction of sp³-hybridized carbons (Fsp3) is 0.944. The minimum atomic E-state index is -4.95. The molecule has 0 aliphatic carbocycles. The van der Waals surface area contributed by atoms with Gasteiger partial charge < -0.3 is 33.8 Å². The van der Waals surface area contributed by atoms with Crippen LogP contribution in [0, 0.1) is 17.8 Å². The van der Waals surface area contributed by atoms with Crippen molar-refractivity contribution >= 4 is 39.5 Å². The summed E-state index contributed by atoms with van der Waals surface area (Å²) in [7, 11) is -9.90. The lowest BCUT2D eigenvalue weighted by atomic mass is 9.99. The Morgan fingerprint density at radius 3 is 0.844 bits per heavy atom. The molecule has 19 heteroatoms. The Morgan fingerprint density at radius 2 is 0.567 bits per heavy atom. The summed E-state index contributed by atoms with van der Waals surface area (Å²) in [5.74, 6) is 0.0221. The molecule has 90 heavy (non-hydrogen) atoms. The minimum absolute atomic E-state index is 0.102. The molecule has 534 valence electrons. The number of ether oxygens (including phenoxy) is 4. The Labute approximate surface area is 549 Å². The van der Waals surface area contributed by atoms with Crippen LogP contribution >= 0.6 is 15.6 Å². The first-order valence-electron chi connectivity index (χ1n) is 36.9. The Balaban J connectivity index is 5.20. The van der Waals surface area contributed by atoms with Crippen molar-refractivity contribution in [2.24, 2.45) is 17.8 Å². The maximum atomic E-state index is 13.0. The van der Waals surface area contributed by atoms with E-state index in [-0.39, 0.29) is 25.7 Å². The second-order valence-corrected chi connectivity index (χ2v) is 29.7. The molecule has 0 amide bonds. The molecule has 0 fully saturated rings. The van der Waals surface area contributed by atoms with Crippen LogP contribution in [0.5, 0.6) is 0 Å². The Kier molecular flexibility index (Phi) is 60.6. The van der Waals surface area contributed by atoms with Crippen molar-refractivity contribution in [3.8, 4) is 0 Å². The Morgan fingerprint density at radius 1 is 0.322 bits per heavy atom. The number of phosphoric ester groups is 2. The quantitative estimate of drug-likeness (QED) is 0.0222. The second kappa shape index (κ2) is 61.9. The summed E-state index contributed by atoms with van der Waals surface area (Å²) in [4.78, 5) is 72.5. The minimum Gasteiger partial charge on any atom is -0.462 e. The normalized spacial score (nSPS) is 14.5. The van der Waals surface area contributed by atoms with Crippen LogP contribution in [0.1, 0.15) is 357 Å². The standard InChI is InChI=1S/C71H138O17P2/c1-8-10-11-12-13-14-15-16-17-18-19-20-21-22-23-24-31-40-47-54-70(75)87-66(58-81-68(73)52-45-38-30-26-25-29-37-44-51-64(7)9-2)60-85-89(77,78)83-56-65(72)57-84-90(79,80)86-61-67(59-82-69(74)53-46-39-34-33-36-43-50-63(5)6)88-71(76)55-48-41-32-27-28-35-42-49-62(3)4/h62-67,72H,8-61H2,1-7H3,(H,77,78)(H,79,80)/t64?,65-,66-,67-/m1/s1. The zero-order valence-corrected chi connectivity index (χ0v) is 60.4. The zero-order valence-electron chi connectivity index (χ0n) is 58.6. The van der Waals surface area contributed by atoms with Gasteiger partial charge in [-0.15, -0.1) is 0 Å². The van der Waals surface area contributed by atoms with Crippen molar-refractivity contribution in [3.63, 3.8) is 0 Å². The first-order chi connectivity index (χ1) is 43.3. The van der Waals surface area contributed by atoms with E-state index in [4.69, 9.17) is 37.0 Å². The number of unbranched alkanes of at least 4 members (excludes halogenated alkanes) is 36. The maximum absolute atomic E-state index is 13.0. The lowest BCUT2D eigenvalue weighted by Gasteiger charge is -2.21. The molecule has 0 aliphatic rings. The number of carbonyl (C=O) groups is 4. The lowest BCUT2D eigenvalue weighted by Crippen LogP contribution is -2.30. The van der Waals surface area contributed by atoms with E-state index in [1.165, 1.54) is 161 Å². The van der Waals surface area contributed by atoms with Gasteiger partial charge in [0.2, 0.25) is 0 Å². The van der Waals surface area contributed by atoms with E-state index in [0.717, 1.165) is 102 Å². The van der Waals surface area contributed by atoms with Gasteiger partial charge in [0.25, 0.3) is 0 Å². The first-order valence-corrected chi connectivity index (χ1v) is 39.9. The van der Waals surface area contributed by atoms with Crippen LogP contribution in [0.4, 0.5) is 0 Å². The van der Waals surface area contributed by atoms with Crippen LogP contribution in [-0.2, 0) is 65.4 Å². The molecule has 0 heterocycles. The molecular formula is C71H138O17P2. The molecule has 0 rings (SSSR count). The van der Waals surface area contributed by atoms with Crippen molar-refractivity contribution in [2.45, 2.75) is 375 Å². The van der Waals surface area contributed by atoms with Crippen LogP contribution in [0.15, 0.2) is 0 Å². The van der Waals surface area contributed by atoms with Gasteiger partial charge in [0.1, 0.15) is 19.3 Å². The van der Waals surface area contributed by atoms with E-state index in [1.54, 1.807) is 0 Å². The Hall–Kier alpha value is -1.94. The molecular weight excluding hydrogens is 1190 g/mol. The summed E-state index contributed by atoms with van der Waals surface area (Å²) >= 11 is 0. The van der Waals surface area contributed by atoms with Gasteiger partial charge in [0, 0.05) is 25.7 Å². The van der Waals surface area contributed by atoms with Crippen molar-refractivity contribution < 1.29 is 80.2 Å². The van der Waals surface area contributed by atoms with Crippen molar-refractivity contribution in [1.29, 1.82) is 0 Å². The second-order valence-electron chi connectivity index (χ2n) is 26.8. The highest BCUT2D eigenvalue weighted by atomic mass is 31.2. The lowest BCUT2D eigenvalue weighted by molar-refractivity contribution is -0.161. The number of aliphatic hydroxyl groups is 1. The number of esters is 4. The number of rotatable bonds is 69. The monoisotopic (exact) mass is 1320 g/mol. The fourth-order valence-corrected chi connectivity index (χ4v) is 12.3. The third-order valence-electron chi connectivity index (χ3n) is 16.7. The largest absolute Gasteiger partial charge is 0.472 e. The topological polar surface area (TPSA) is 237 Å². The number of carbonyl (C=O) groups excluding carboxylic acids is 4. The summed E-state index contributed by atoms with van der Waals surface area (Å²) < 4.78 is 68.2. The molecule has 17 nitrogen and oxygen atoms in total. The molecule has 0 aromatic heterocycles. The first kappa shape index (κ1) is 88.1. The average Bonchev–Trinajstić information content (AvgIpc) is 3.30. The number of hydrogen-bond acceptors (Lipinski definition) is 15. The van der Waals surface area contributed by atoms with Crippen molar-refractivity contribution in [1.82, 2.24) is 0 Å². The summed E-state index contributed by atoms with van der Waals surface area (Å²) in [6.07, 6.45) is 46.1. The third kappa shape index (κ3) is 63.5. The molecule has 0 aromatic rings. The van der Waals surface area contributed by atoms with E-state index in [9.17, 15) is 43.2 Å². The van der Waals surface area contributed by atoms with Gasteiger partial charge in [-0.3, -0.25) is 37.3 Å². The van der Waals surface area contributed by atoms with Crippen LogP contribution in [-0.4, -0.2) is 96.7 Å². The zero-order chi connectivity index (χ0) is 66.6. The smallest absolute Gasteiger partial charge is 0.462 e. The number of phosphoric acid groups is 2.